The van der Waals surface area contributed by atoms with Gasteiger partial charge >= 0.3 is 6.18 Å². The van der Waals surface area contributed by atoms with Crippen LogP contribution in [-0.2, 0) is 0 Å². The highest BCUT2D eigenvalue weighted by Crippen LogP contribution is 2.45. The molecule has 0 aromatic carbocycles. The summed E-state index contributed by atoms with van der Waals surface area (Å²) in [7, 11) is 0. The number of piperidine rings is 1. The van der Waals surface area contributed by atoms with E-state index in [1.807, 2.05) is 11.8 Å². The van der Waals surface area contributed by atoms with E-state index in [1.54, 1.807) is 0 Å². The van der Waals surface area contributed by atoms with Crippen molar-refractivity contribution in [2.24, 2.45) is 11.3 Å². The Labute approximate surface area is 172 Å². The Kier molecular flexibility index (Phi) is 6.11. The fraction of sp³-hybridized carbons (Fsp3) is 0.667. The zero-order valence-corrected chi connectivity index (χ0v) is 17.1. The second-order valence-corrected chi connectivity index (χ2v) is 9.41. The van der Waals surface area contributed by atoms with Crippen molar-refractivity contribution in [3.63, 3.8) is 0 Å². The highest BCUT2D eigenvalue weighted by Gasteiger charge is 2.41. The first-order valence-corrected chi connectivity index (χ1v) is 11.3. The van der Waals surface area contributed by atoms with Crippen LogP contribution in [-0.4, -0.2) is 53.8 Å². The quantitative estimate of drug-likeness (QED) is 0.602. The van der Waals surface area contributed by atoms with Crippen molar-refractivity contribution in [2.75, 3.05) is 37.7 Å². The van der Waals surface area contributed by atoms with E-state index >= 15 is 0 Å². The molecule has 2 saturated heterocycles. The van der Waals surface area contributed by atoms with Crippen LogP contribution < -0.4 is 4.74 Å². The number of likely N-dealkylation sites (tertiary alicyclic amines) is 1. The van der Waals surface area contributed by atoms with E-state index in [2.05, 4.69) is 9.88 Å². The molecule has 29 heavy (non-hydrogen) atoms. The van der Waals surface area contributed by atoms with Crippen molar-refractivity contribution >= 4 is 17.3 Å². The summed E-state index contributed by atoms with van der Waals surface area (Å²) in [6.45, 7) is 3.44. The lowest BCUT2D eigenvalue weighted by molar-refractivity contribution is -0.175. The van der Waals surface area contributed by atoms with Gasteiger partial charge in [-0.25, -0.2) is 9.37 Å². The number of rotatable bonds is 5. The molecule has 0 N–H and O–H groups in total. The SMILES string of the molecule is Fc1cc(OCCN2CCC3(CC2)CSC3)cnc1C1=CCC(C(F)(F)F)CC1. The zero-order chi connectivity index (χ0) is 20.5. The lowest BCUT2D eigenvalue weighted by Gasteiger charge is -2.47. The minimum atomic E-state index is -4.20. The van der Waals surface area contributed by atoms with Crippen molar-refractivity contribution in [3.05, 3.63) is 29.9 Å². The molecule has 1 aliphatic carbocycles. The molecule has 1 aromatic rings. The third kappa shape index (κ3) is 4.90. The summed E-state index contributed by atoms with van der Waals surface area (Å²) in [6, 6.07) is 1.29. The molecule has 0 saturated carbocycles. The van der Waals surface area contributed by atoms with Crippen LogP contribution in [0, 0.1) is 17.2 Å². The van der Waals surface area contributed by atoms with Crippen LogP contribution in [0.1, 0.15) is 37.8 Å². The van der Waals surface area contributed by atoms with Gasteiger partial charge in [0.25, 0.3) is 0 Å². The largest absolute Gasteiger partial charge is 0.491 e. The number of thioether (sulfide) groups is 1. The smallest absolute Gasteiger partial charge is 0.392 e. The van der Waals surface area contributed by atoms with E-state index in [1.165, 1.54) is 42.7 Å². The van der Waals surface area contributed by atoms with Gasteiger partial charge in [-0.3, -0.25) is 4.90 Å². The van der Waals surface area contributed by atoms with Crippen molar-refractivity contribution in [3.8, 4) is 5.75 Å². The first-order valence-electron chi connectivity index (χ1n) is 10.2. The van der Waals surface area contributed by atoms with Gasteiger partial charge < -0.3 is 4.74 Å². The second kappa shape index (κ2) is 8.46. The van der Waals surface area contributed by atoms with Crippen molar-refractivity contribution < 1.29 is 22.3 Å². The number of ether oxygens (including phenoxy) is 1. The molecule has 0 amide bonds. The third-order valence-electron chi connectivity index (χ3n) is 6.40. The summed E-state index contributed by atoms with van der Waals surface area (Å²) in [5.74, 6) is 1.06. The maximum Gasteiger partial charge on any atom is 0.392 e. The van der Waals surface area contributed by atoms with Crippen LogP contribution in [0.15, 0.2) is 18.3 Å². The molecule has 3 heterocycles. The van der Waals surface area contributed by atoms with Crippen LogP contribution in [0.4, 0.5) is 17.6 Å². The molecule has 4 rings (SSSR count). The van der Waals surface area contributed by atoms with Crippen LogP contribution >= 0.6 is 11.8 Å². The highest BCUT2D eigenvalue weighted by molar-refractivity contribution is 8.00. The first kappa shape index (κ1) is 21.0. The molecule has 3 aliphatic rings. The van der Waals surface area contributed by atoms with Gasteiger partial charge in [0.05, 0.1) is 12.1 Å². The molecule has 2 aliphatic heterocycles. The lowest BCUT2D eigenvalue weighted by Crippen LogP contribution is -2.47. The monoisotopic (exact) mass is 430 g/mol. The number of allylic oxidation sites excluding steroid dienone is 2. The summed E-state index contributed by atoms with van der Waals surface area (Å²) in [4.78, 5) is 6.51. The van der Waals surface area contributed by atoms with E-state index in [-0.39, 0.29) is 25.0 Å². The summed E-state index contributed by atoms with van der Waals surface area (Å²) in [5, 5.41) is 0. The average molecular weight is 431 g/mol. The van der Waals surface area contributed by atoms with E-state index in [9.17, 15) is 17.6 Å². The molecule has 3 nitrogen and oxygen atoms in total. The van der Waals surface area contributed by atoms with Crippen LogP contribution in [0.2, 0.25) is 0 Å². The first-order chi connectivity index (χ1) is 13.8. The van der Waals surface area contributed by atoms with Crippen molar-refractivity contribution in [1.82, 2.24) is 9.88 Å². The van der Waals surface area contributed by atoms with Crippen LogP contribution in [0.5, 0.6) is 5.75 Å². The van der Waals surface area contributed by atoms with Gasteiger partial charge in [0.1, 0.15) is 18.1 Å². The molecular formula is C21H26F4N2OS. The molecule has 160 valence electrons. The Morgan fingerprint density at radius 1 is 1.24 bits per heavy atom. The standard InChI is InChI=1S/C21H26F4N2OS/c22-18-11-17(28-10-9-27-7-5-20(6-8-27)13-29-14-20)12-26-19(18)15-1-3-16(4-2-15)21(23,24)25/h1,11-12,16H,2-10,13-14H2. The summed E-state index contributed by atoms with van der Waals surface area (Å²) in [5.41, 5.74) is 1.27. The van der Waals surface area contributed by atoms with Crippen LogP contribution in [0.3, 0.4) is 0 Å². The normalized spacial score (nSPS) is 24.8. The van der Waals surface area contributed by atoms with Gasteiger partial charge in [0, 0.05) is 12.6 Å². The van der Waals surface area contributed by atoms with Gasteiger partial charge in [0.15, 0.2) is 5.82 Å². The van der Waals surface area contributed by atoms with Gasteiger partial charge in [-0.15, -0.1) is 0 Å². The highest BCUT2D eigenvalue weighted by atomic mass is 32.2. The predicted octanol–water partition coefficient (Wildman–Crippen LogP) is 5.17. The second-order valence-electron chi connectivity index (χ2n) is 8.43. The Bertz CT molecular complexity index is 754. The molecule has 8 heteroatoms. The average Bonchev–Trinajstić information content (AvgIpc) is 2.67. The maximum atomic E-state index is 14.5. The molecule has 1 unspecified atom stereocenters. The van der Waals surface area contributed by atoms with Gasteiger partial charge in [-0.05, 0) is 67.7 Å². The molecule has 1 spiro atoms. The molecule has 2 fully saturated rings. The molecule has 0 radical (unpaired) electrons. The molecule has 0 bridgehead atoms. The van der Waals surface area contributed by atoms with Crippen LogP contribution in [0.25, 0.3) is 5.57 Å². The molecule has 1 atom stereocenters. The van der Waals surface area contributed by atoms with Gasteiger partial charge in [-0.2, -0.15) is 24.9 Å². The summed E-state index contributed by atoms with van der Waals surface area (Å²) in [6.07, 6.45) is 1.27. The topological polar surface area (TPSA) is 25.4 Å². The van der Waals surface area contributed by atoms with Gasteiger partial charge in [-0.1, -0.05) is 6.08 Å². The Balaban J connectivity index is 1.26. The fourth-order valence-corrected chi connectivity index (χ4v) is 5.66. The van der Waals surface area contributed by atoms with E-state index in [0.29, 0.717) is 23.3 Å². The van der Waals surface area contributed by atoms with E-state index in [0.717, 1.165) is 19.6 Å². The Morgan fingerprint density at radius 2 is 2.00 bits per heavy atom. The minimum absolute atomic E-state index is 0.0233. The zero-order valence-electron chi connectivity index (χ0n) is 16.3. The number of hydrogen-bond donors (Lipinski definition) is 0. The number of nitrogens with zero attached hydrogens (tertiary/aromatic N) is 2. The van der Waals surface area contributed by atoms with Gasteiger partial charge in [0.2, 0.25) is 0 Å². The minimum Gasteiger partial charge on any atom is -0.491 e. The number of halogens is 4. The molecular weight excluding hydrogens is 404 g/mol. The number of hydrogen-bond acceptors (Lipinski definition) is 4. The molecule has 1 aromatic heterocycles. The summed E-state index contributed by atoms with van der Waals surface area (Å²) < 4.78 is 58.5. The Morgan fingerprint density at radius 3 is 2.55 bits per heavy atom. The van der Waals surface area contributed by atoms with Crippen molar-refractivity contribution in [1.29, 1.82) is 0 Å². The Hall–Kier alpha value is -1.28. The third-order valence-corrected chi connectivity index (χ3v) is 8.04. The van der Waals surface area contributed by atoms with E-state index in [4.69, 9.17) is 4.74 Å². The lowest BCUT2D eigenvalue weighted by atomic mass is 9.81. The fourth-order valence-electron chi connectivity index (χ4n) is 4.31. The number of pyridine rings is 1. The predicted molar refractivity (Wildman–Crippen MR) is 106 cm³/mol. The maximum absolute atomic E-state index is 14.5. The van der Waals surface area contributed by atoms with E-state index < -0.39 is 17.9 Å². The number of alkyl halides is 3. The number of aromatic nitrogens is 1. The summed E-state index contributed by atoms with van der Waals surface area (Å²) >= 11 is 2.03. The van der Waals surface area contributed by atoms with Crippen molar-refractivity contribution in [2.45, 2.75) is 38.3 Å².